The van der Waals surface area contributed by atoms with Crippen molar-refractivity contribution >= 4 is 17.2 Å². The van der Waals surface area contributed by atoms with E-state index in [0.29, 0.717) is 6.42 Å². The lowest BCUT2D eigenvalue weighted by Gasteiger charge is -2.24. The number of carbonyl (C=O) groups is 1. The number of rotatable bonds is 3. The van der Waals surface area contributed by atoms with E-state index in [1.54, 1.807) is 23.7 Å². The Morgan fingerprint density at radius 2 is 2.40 bits per heavy atom. The van der Waals surface area contributed by atoms with Crippen LogP contribution in [0, 0.1) is 6.92 Å². The van der Waals surface area contributed by atoms with Gasteiger partial charge in [-0.1, -0.05) is 6.07 Å². The van der Waals surface area contributed by atoms with Crippen molar-refractivity contribution in [2.45, 2.75) is 32.2 Å². The molecule has 1 unspecified atom stereocenters. The number of amides is 1. The minimum atomic E-state index is 0.0925. The third-order valence-corrected chi connectivity index (χ3v) is 4.47. The molecule has 0 spiro atoms. The monoisotopic (exact) mass is 287 g/mol. The second kappa shape index (κ2) is 5.71. The third kappa shape index (κ3) is 2.72. The second-order valence-electron chi connectivity index (χ2n) is 5.09. The molecule has 0 N–H and O–H groups in total. The molecule has 0 radical (unpaired) electrons. The minimum Gasteiger partial charge on any atom is -0.334 e. The maximum Gasteiger partial charge on any atom is 0.228 e. The molecule has 0 bridgehead atoms. The standard InChI is InChI=1S/C15H17N3OS/c1-11-9-16-10-13(17-11)14-5-2-6-18(14)15(19)8-12-4-3-7-20-12/h3-4,7,9-10,14H,2,5-6,8H2,1H3. The maximum atomic E-state index is 12.5. The normalized spacial score (nSPS) is 18.4. The topological polar surface area (TPSA) is 46.1 Å². The summed E-state index contributed by atoms with van der Waals surface area (Å²) in [7, 11) is 0. The highest BCUT2D eigenvalue weighted by Crippen LogP contribution is 2.31. The molecule has 4 nitrogen and oxygen atoms in total. The van der Waals surface area contributed by atoms with Crippen LogP contribution < -0.4 is 0 Å². The number of thiophene rings is 1. The number of nitrogens with zero attached hydrogens (tertiary/aromatic N) is 3. The predicted octanol–water partition coefficient (Wildman–Crippen LogP) is 2.75. The van der Waals surface area contributed by atoms with Crippen LogP contribution in [0.5, 0.6) is 0 Å². The maximum absolute atomic E-state index is 12.5. The summed E-state index contributed by atoms with van der Waals surface area (Å²) in [5, 5.41) is 2.01. The summed E-state index contributed by atoms with van der Waals surface area (Å²) in [6.45, 7) is 2.76. The number of hydrogen-bond donors (Lipinski definition) is 0. The zero-order valence-electron chi connectivity index (χ0n) is 11.5. The lowest BCUT2D eigenvalue weighted by molar-refractivity contribution is -0.131. The predicted molar refractivity (Wildman–Crippen MR) is 78.5 cm³/mol. The van der Waals surface area contributed by atoms with Gasteiger partial charge in [-0.25, -0.2) is 0 Å². The average Bonchev–Trinajstić information content (AvgIpc) is 3.09. The molecule has 2 aromatic heterocycles. The summed E-state index contributed by atoms with van der Waals surface area (Å²) in [6, 6.07) is 4.09. The van der Waals surface area contributed by atoms with Gasteiger partial charge in [0.25, 0.3) is 0 Å². The lowest BCUT2D eigenvalue weighted by Crippen LogP contribution is -2.32. The van der Waals surface area contributed by atoms with Gasteiger partial charge < -0.3 is 4.90 Å². The van der Waals surface area contributed by atoms with E-state index in [1.165, 1.54) is 0 Å². The van der Waals surface area contributed by atoms with E-state index in [9.17, 15) is 4.79 Å². The van der Waals surface area contributed by atoms with Gasteiger partial charge in [-0.05, 0) is 31.2 Å². The Kier molecular flexibility index (Phi) is 3.78. The first-order chi connectivity index (χ1) is 9.74. The second-order valence-corrected chi connectivity index (χ2v) is 6.12. The number of aryl methyl sites for hydroxylation is 1. The van der Waals surface area contributed by atoms with Gasteiger partial charge in [-0.15, -0.1) is 11.3 Å². The summed E-state index contributed by atoms with van der Waals surface area (Å²) in [4.78, 5) is 24.3. The number of aromatic nitrogens is 2. The largest absolute Gasteiger partial charge is 0.334 e. The van der Waals surface area contributed by atoms with Crippen molar-refractivity contribution in [3.63, 3.8) is 0 Å². The molecule has 5 heteroatoms. The average molecular weight is 287 g/mol. The van der Waals surface area contributed by atoms with Crippen LogP contribution in [-0.4, -0.2) is 27.3 Å². The van der Waals surface area contributed by atoms with Crippen LogP contribution in [0.15, 0.2) is 29.9 Å². The first-order valence-electron chi connectivity index (χ1n) is 6.84. The molecule has 3 rings (SSSR count). The number of likely N-dealkylation sites (tertiary alicyclic amines) is 1. The van der Waals surface area contributed by atoms with Crippen LogP contribution in [-0.2, 0) is 11.2 Å². The van der Waals surface area contributed by atoms with Gasteiger partial charge in [0.1, 0.15) is 0 Å². The summed E-state index contributed by atoms with van der Waals surface area (Å²) >= 11 is 1.63. The first-order valence-corrected chi connectivity index (χ1v) is 7.72. The Morgan fingerprint density at radius 3 is 3.15 bits per heavy atom. The van der Waals surface area contributed by atoms with Crippen LogP contribution in [0.4, 0.5) is 0 Å². The van der Waals surface area contributed by atoms with Crippen LogP contribution in [0.3, 0.4) is 0 Å². The van der Waals surface area contributed by atoms with Crippen molar-refractivity contribution in [2.24, 2.45) is 0 Å². The Morgan fingerprint density at radius 1 is 1.50 bits per heavy atom. The molecule has 0 aliphatic carbocycles. The van der Waals surface area contributed by atoms with Gasteiger partial charge in [-0.2, -0.15) is 0 Å². The Hall–Kier alpha value is -1.75. The molecule has 1 amide bonds. The van der Waals surface area contributed by atoms with Gasteiger partial charge >= 0.3 is 0 Å². The van der Waals surface area contributed by atoms with Gasteiger partial charge in [0.05, 0.1) is 30.0 Å². The van der Waals surface area contributed by atoms with Crippen LogP contribution in [0.1, 0.15) is 35.1 Å². The zero-order chi connectivity index (χ0) is 13.9. The van der Waals surface area contributed by atoms with E-state index in [0.717, 1.165) is 35.7 Å². The quantitative estimate of drug-likeness (QED) is 0.872. The van der Waals surface area contributed by atoms with Gasteiger partial charge in [0.15, 0.2) is 0 Å². The van der Waals surface area contributed by atoms with E-state index in [-0.39, 0.29) is 11.9 Å². The van der Waals surface area contributed by atoms with Gasteiger partial charge in [-0.3, -0.25) is 14.8 Å². The molecular formula is C15H17N3OS. The Labute approximate surface area is 122 Å². The van der Waals surface area contributed by atoms with Crippen molar-refractivity contribution in [1.82, 2.24) is 14.9 Å². The summed E-state index contributed by atoms with van der Waals surface area (Å²) in [5.74, 6) is 0.193. The number of carbonyl (C=O) groups excluding carboxylic acids is 1. The molecule has 2 aromatic rings. The van der Waals surface area contributed by atoms with Crippen LogP contribution in [0.25, 0.3) is 0 Å². The summed E-state index contributed by atoms with van der Waals surface area (Å²) in [6.07, 6.45) is 6.04. The smallest absolute Gasteiger partial charge is 0.228 e. The molecule has 1 atom stereocenters. The molecule has 1 saturated heterocycles. The van der Waals surface area contributed by atoms with E-state index < -0.39 is 0 Å². The molecule has 104 valence electrons. The van der Waals surface area contributed by atoms with Crippen molar-refractivity contribution in [2.75, 3.05) is 6.54 Å². The molecule has 3 heterocycles. The Bertz CT molecular complexity index is 597. The van der Waals surface area contributed by atoms with Crippen molar-refractivity contribution < 1.29 is 4.79 Å². The molecular weight excluding hydrogens is 270 g/mol. The van der Waals surface area contributed by atoms with Crippen LogP contribution in [0.2, 0.25) is 0 Å². The molecule has 1 aliphatic heterocycles. The van der Waals surface area contributed by atoms with Crippen molar-refractivity contribution in [3.8, 4) is 0 Å². The lowest BCUT2D eigenvalue weighted by atomic mass is 10.1. The van der Waals surface area contributed by atoms with Crippen molar-refractivity contribution in [3.05, 3.63) is 46.2 Å². The fraction of sp³-hybridized carbons (Fsp3) is 0.400. The fourth-order valence-corrected chi connectivity index (χ4v) is 3.38. The highest BCUT2D eigenvalue weighted by molar-refractivity contribution is 7.10. The summed E-state index contributed by atoms with van der Waals surface area (Å²) < 4.78 is 0. The van der Waals surface area contributed by atoms with E-state index >= 15 is 0 Å². The highest BCUT2D eigenvalue weighted by Gasteiger charge is 2.31. The Balaban J connectivity index is 1.77. The molecule has 0 aromatic carbocycles. The first kappa shape index (κ1) is 13.2. The highest BCUT2D eigenvalue weighted by atomic mass is 32.1. The summed E-state index contributed by atoms with van der Waals surface area (Å²) in [5.41, 5.74) is 1.82. The minimum absolute atomic E-state index is 0.0925. The fourth-order valence-electron chi connectivity index (χ4n) is 2.68. The van der Waals surface area contributed by atoms with Crippen molar-refractivity contribution in [1.29, 1.82) is 0 Å². The van der Waals surface area contributed by atoms with E-state index in [1.807, 2.05) is 29.3 Å². The van der Waals surface area contributed by atoms with E-state index in [4.69, 9.17) is 0 Å². The van der Waals surface area contributed by atoms with E-state index in [2.05, 4.69) is 9.97 Å². The van der Waals surface area contributed by atoms with Gasteiger partial charge in [0, 0.05) is 17.6 Å². The number of hydrogen-bond acceptors (Lipinski definition) is 4. The molecule has 20 heavy (non-hydrogen) atoms. The van der Waals surface area contributed by atoms with Gasteiger partial charge in [0.2, 0.25) is 5.91 Å². The zero-order valence-corrected chi connectivity index (χ0v) is 12.3. The molecule has 1 fully saturated rings. The van der Waals surface area contributed by atoms with Crippen LogP contribution >= 0.6 is 11.3 Å². The SMILES string of the molecule is Cc1cncc(C2CCCN2C(=O)Cc2cccs2)n1. The third-order valence-electron chi connectivity index (χ3n) is 3.59. The molecule has 0 saturated carbocycles. The molecule has 1 aliphatic rings.